The molecule has 0 radical (unpaired) electrons. The Hall–Kier alpha value is -1.54. The number of ether oxygens (including phenoxy) is 1. The van der Waals surface area contributed by atoms with Crippen molar-refractivity contribution in [3.8, 4) is 5.75 Å². The zero-order valence-corrected chi connectivity index (χ0v) is 12.7. The van der Waals surface area contributed by atoms with Crippen LogP contribution in [0.15, 0.2) is 36.5 Å². The van der Waals surface area contributed by atoms with Crippen molar-refractivity contribution >= 4 is 11.6 Å². The quantitative estimate of drug-likeness (QED) is 0.791. The second-order valence-corrected chi connectivity index (χ2v) is 4.40. The summed E-state index contributed by atoms with van der Waals surface area (Å²) in [5.41, 5.74) is 3.18. The van der Waals surface area contributed by atoms with Gasteiger partial charge in [-0.15, -0.1) is 0 Å². The van der Waals surface area contributed by atoms with Crippen molar-refractivity contribution in [2.75, 3.05) is 0 Å². The highest BCUT2D eigenvalue weighted by Crippen LogP contribution is 2.25. The van der Waals surface area contributed by atoms with Crippen LogP contribution in [0.2, 0.25) is 5.02 Å². The van der Waals surface area contributed by atoms with Gasteiger partial charge in [-0.05, 0) is 43.2 Å². The van der Waals surface area contributed by atoms with E-state index in [-0.39, 0.29) is 0 Å². The fourth-order valence-corrected chi connectivity index (χ4v) is 1.83. The summed E-state index contributed by atoms with van der Waals surface area (Å²) >= 11 is 6.09. The van der Waals surface area contributed by atoms with E-state index in [1.54, 1.807) is 6.20 Å². The lowest BCUT2D eigenvalue weighted by molar-refractivity contribution is 0.300. The van der Waals surface area contributed by atoms with Crippen LogP contribution >= 0.6 is 11.6 Å². The summed E-state index contributed by atoms with van der Waals surface area (Å²) in [6.45, 7) is 8.45. The zero-order valence-electron chi connectivity index (χ0n) is 11.9. The molecule has 0 bridgehead atoms. The Bertz CT molecular complexity index is 526. The number of pyridine rings is 1. The fraction of sp³-hybridized carbons (Fsp3) is 0.312. The van der Waals surface area contributed by atoms with E-state index < -0.39 is 0 Å². The van der Waals surface area contributed by atoms with E-state index in [1.165, 1.54) is 0 Å². The van der Waals surface area contributed by atoms with Gasteiger partial charge in [-0.3, -0.25) is 4.98 Å². The molecule has 0 saturated heterocycles. The summed E-state index contributed by atoms with van der Waals surface area (Å²) in [4.78, 5) is 4.27. The lowest BCUT2D eigenvalue weighted by atomic mass is 10.2. The smallest absolute Gasteiger partial charge is 0.138 e. The number of aryl methyl sites for hydroxylation is 2. The zero-order chi connectivity index (χ0) is 14.3. The Kier molecular flexibility index (Phi) is 6.37. The largest absolute Gasteiger partial charge is 0.486 e. The minimum atomic E-state index is 0.440. The average Bonchev–Trinajstić information content (AvgIpc) is 2.42. The van der Waals surface area contributed by atoms with Gasteiger partial charge < -0.3 is 4.74 Å². The standard InChI is InChI=1S/C14H14ClNO.C2H6/c1-10-5-6-14(12(15)8-10)17-9-13-11(2)4-3-7-16-13;1-2/h3-8H,9H2,1-2H3;1-2H3. The van der Waals surface area contributed by atoms with Gasteiger partial charge in [0, 0.05) is 6.20 Å². The molecule has 0 N–H and O–H groups in total. The Morgan fingerprint density at radius 1 is 1.16 bits per heavy atom. The first-order chi connectivity index (χ1) is 9.16. The van der Waals surface area contributed by atoms with E-state index in [1.807, 2.05) is 58.0 Å². The highest BCUT2D eigenvalue weighted by Gasteiger charge is 2.04. The first kappa shape index (κ1) is 15.5. The van der Waals surface area contributed by atoms with Crippen LogP contribution in [0, 0.1) is 13.8 Å². The highest BCUT2D eigenvalue weighted by atomic mass is 35.5. The minimum Gasteiger partial charge on any atom is -0.486 e. The van der Waals surface area contributed by atoms with Crippen molar-refractivity contribution < 1.29 is 4.74 Å². The SMILES string of the molecule is CC.Cc1ccc(OCc2ncccc2C)c(Cl)c1. The van der Waals surface area contributed by atoms with Gasteiger partial charge in [-0.25, -0.2) is 0 Å². The van der Waals surface area contributed by atoms with Gasteiger partial charge in [0.25, 0.3) is 0 Å². The molecule has 0 amide bonds. The van der Waals surface area contributed by atoms with Crippen LogP contribution in [0.1, 0.15) is 30.7 Å². The first-order valence-corrected chi connectivity index (χ1v) is 6.84. The van der Waals surface area contributed by atoms with Crippen LogP contribution < -0.4 is 4.74 Å². The maximum atomic E-state index is 6.09. The molecule has 2 rings (SSSR count). The third kappa shape index (κ3) is 4.56. The van der Waals surface area contributed by atoms with Crippen molar-refractivity contribution in [2.45, 2.75) is 34.3 Å². The van der Waals surface area contributed by atoms with Crippen LogP contribution in [0.4, 0.5) is 0 Å². The monoisotopic (exact) mass is 277 g/mol. The van der Waals surface area contributed by atoms with E-state index in [9.17, 15) is 0 Å². The molecule has 0 aliphatic carbocycles. The van der Waals surface area contributed by atoms with Crippen molar-refractivity contribution in [2.24, 2.45) is 0 Å². The van der Waals surface area contributed by atoms with Crippen molar-refractivity contribution in [3.05, 3.63) is 58.4 Å². The van der Waals surface area contributed by atoms with Crippen molar-refractivity contribution in [3.63, 3.8) is 0 Å². The van der Waals surface area contributed by atoms with Gasteiger partial charge in [-0.2, -0.15) is 0 Å². The molecule has 2 nitrogen and oxygen atoms in total. The fourth-order valence-electron chi connectivity index (χ4n) is 1.54. The van der Waals surface area contributed by atoms with E-state index >= 15 is 0 Å². The van der Waals surface area contributed by atoms with Crippen LogP contribution in [0.3, 0.4) is 0 Å². The number of hydrogen-bond donors (Lipinski definition) is 0. The molecule has 0 fully saturated rings. The van der Waals surface area contributed by atoms with Gasteiger partial charge >= 0.3 is 0 Å². The molecular formula is C16H20ClNO. The number of benzene rings is 1. The van der Waals surface area contributed by atoms with Gasteiger partial charge in [0.2, 0.25) is 0 Å². The maximum absolute atomic E-state index is 6.09. The predicted octanol–water partition coefficient (Wildman–Crippen LogP) is 4.96. The van der Waals surface area contributed by atoms with Crippen molar-refractivity contribution in [1.82, 2.24) is 4.98 Å². The lowest BCUT2D eigenvalue weighted by Gasteiger charge is -2.09. The predicted molar refractivity (Wildman–Crippen MR) is 80.8 cm³/mol. The molecule has 3 heteroatoms. The number of halogens is 1. The average molecular weight is 278 g/mol. The van der Waals surface area contributed by atoms with Crippen LogP contribution in [0.25, 0.3) is 0 Å². The molecule has 1 aromatic carbocycles. The summed E-state index contributed by atoms with van der Waals surface area (Å²) in [7, 11) is 0. The molecule has 1 aromatic heterocycles. The molecule has 2 aromatic rings. The van der Waals surface area contributed by atoms with Gasteiger partial charge in [0.05, 0.1) is 10.7 Å². The number of rotatable bonds is 3. The van der Waals surface area contributed by atoms with Crippen LogP contribution in [-0.2, 0) is 6.61 Å². The molecule has 0 aliphatic rings. The highest BCUT2D eigenvalue weighted by molar-refractivity contribution is 6.32. The third-order valence-electron chi connectivity index (χ3n) is 2.57. The molecule has 0 spiro atoms. The molecule has 1 heterocycles. The normalized spacial score (nSPS) is 9.53. The van der Waals surface area contributed by atoms with Gasteiger partial charge in [0.1, 0.15) is 12.4 Å². The number of aromatic nitrogens is 1. The summed E-state index contributed by atoms with van der Waals surface area (Å²) in [5.74, 6) is 0.697. The molecular weight excluding hydrogens is 258 g/mol. The molecule has 0 atom stereocenters. The number of hydrogen-bond acceptors (Lipinski definition) is 2. The van der Waals surface area contributed by atoms with Crippen LogP contribution in [-0.4, -0.2) is 4.98 Å². The Morgan fingerprint density at radius 3 is 2.53 bits per heavy atom. The Morgan fingerprint density at radius 2 is 1.89 bits per heavy atom. The molecule has 19 heavy (non-hydrogen) atoms. The minimum absolute atomic E-state index is 0.440. The molecule has 0 aliphatic heterocycles. The first-order valence-electron chi connectivity index (χ1n) is 6.46. The van der Waals surface area contributed by atoms with E-state index in [2.05, 4.69) is 4.98 Å². The molecule has 102 valence electrons. The molecule has 0 saturated carbocycles. The van der Waals surface area contributed by atoms with E-state index in [0.717, 1.165) is 16.8 Å². The summed E-state index contributed by atoms with van der Waals surface area (Å²) in [6.07, 6.45) is 1.77. The molecule has 0 unspecified atom stereocenters. The second-order valence-electron chi connectivity index (χ2n) is 3.99. The third-order valence-corrected chi connectivity index (χ3v) is 2.86. The number of nitrogens with zero attached hydrogens (tertiary/aromatic N) is 1. The van der Waals surface area contributed by atoms with Gasteiger partial charge in [0.15, 0.2) is 0 Å². The van der Waals surface area contributed by atoms with E-state index in [0.29, 0.717) is 17.4 Å². The summed E-state index contributed by atoms with van der Waals surface area (Å²) in [6, 6.07) is 9.69. The van der Waals surface area contributed by atoms with E-state index in [4.69, 9.17) is 16.3 Å². The maximum Gasteiger partial charge on any atom is 0.138 e. The Balaban J connectivity index is 0.000000861. The van der Waals surface area contributed by atoms with Crippen LogP contribution in [0.5, 0.6) is 5.75 Å². The summed E-state index contributed by atoms with van der Waals surface area (Å²) in [5, 5.41) is 0.638. The van der Waals surface area contributed by atoms with Crippen molar-refractivity contribution in [1.29, 1.82) is 0 Å². The lowest BCUT2D eigenvalue weighted by Crippen LogP contribution is -2.00. The Labute approximate surface area is 120 Å². The second kappa shape index (κ2) is 7.80. The topological polar surface area (TPSA) is 22.1 Å². The summed E-state index contributed by atoms with van der Waals surface area (Å²) < 4.78 is 5.66. The van der Waals surface area contributed by atoms with Gasteiger partial charge in [-0.1, -0.05) is 37.6 Å².